The fraction of sp³-hybridized carbons (Fsp3) is 0.409. The summed E-state index contributed by atoms with van der Waals surface area (Å²) in [5.74, 6) is 0.0913. The standard InChI is InChI=1S/C22H29N2O3/c1-24(16-21(25)18-27-17-19-8-4-2-5-9-19)14-12-23(13-15-24)22(26)20-10-6-3-7-11-20/h2-11,21,25H,12-18H2,1H3/q+1. The van der Waals surface area contributed by atoms with Gasteiger partial charge in [0.25, 0.3) is 5.91 Å². The topological polar surface area (TPSA) is 49.8 Å². The molecule has 0 spiro atoms. The highest BCUT2D eigenvalue weighted by atomic mass is 16.5. The minimum Gasteiger partial charge on any atom is -0.385 e. The van der Waals surface area contributed by atoms with E-state index < -0.39 is 6.10 Å². The highest BCUT2D eigenvalue weighted by Gasteiger charge is 2.33. The largest absolute Gasteiger partial charge is 0.385 e. The molecule has 1 fully saturated rings. The first-order chi connectivity index (χ1) is 13.1. The van der Waals surface area contributed by atoms with Crippen LogP contribution in [0, 0.1) is 0 Å². The molecule has 0 aromatic heterocycles. The number of carbonyl (C=O) groups is 1. The third-order valence-corrected chi connectivity index (χ3v) is 5.20. The number of rotatable bonds is 7. The molecule has 1 heterocycles. The predicted octanol–water partition coefficient (Wildman–Crippen LogP) is 2.17. The molecule has 27 heavy (non-hydrogen) atoms. The highest BCUT2D eigenvalue weighted by Crippen LogP contribution is 2.14. The Morgan fingerprint density at radius 1 is 1.07 bits per heavy atom. The second-order valence-electron chi connectivity index (χ2n) is 7.56. The Labute approximate surface area is 161 Å². The zero-order valence-electron chi connectivity index (χ0n) is 16.0. The Morgan fingerprint density at radius 3 is 2.30 bits per heavy atom. The molecule has 5 nitrogen and oxygen atoms in total. The van der Waals surface area contributed by atoms with Crippen LogP contribution in [0.4, 0.5) is 0 Å². The zero-order chi connectivity index (χ0) is 19.1. The summed E-state index contributed by atoms with van der Waals surface area (Å²) in [6.07, 6.45) is -0.505. The molecule has 5 heteroatoms. The summed E-state index contributed by atoms with van der Waals surface area (Å²) in [5, 5.41) is 10.4. The van der Waals surface area contributed by atoms with Crippen molar-refractivity contribution in [1.29, 1.82) is 0 Å². The van der Waals surface area contributed by atoms with E-state index in [9.17, 15) is 9.90 Å². The van der Waals surface area contributed by atoms with Crippen molar-refractivity contribution >= 4 is 5.91 Å². The minimum atomic E-state index is -0.505. The number of quaternary nitrogens is 1. The number of piperazine rings is 1. The highest BCUT2D eigenvalue weighted by molar-refractivity contribution is 5.94. The van der Waals surface area contributed by atoms with Crippen molar-refractivity contribution < 1.29 is 19.1 Å². The van der Waals surface area contributed by atoms with Crippen LogP contribution in [0.1, 0.15) is 15.9 Å². The Hall–Kier alpha value is -2.21. The second-order valence-corrected chi connectivity index (χ2v) is 7.56. The maximum Gasteiger partial charge on any atom is 0.254 e. The van der Waals surface area contributed by atoms with E-state index >= 15 is 0 Å². The van der Waals surface area contributed by atoms with Crippen LogP contribution in [0.2, 0.25) is 0 Å². The minimum absolute atomic E-state index is 0.0913. The van der Waals surface area contributed by atoms with E-state index in [2.05, 4.69) is 7.05 Å². The average Bonchev–Trinajstić information content (AvgIpc) is 2.69. The van der Waals surface area contributed by atoms with Crippen molar-refractivity contribution in [2.24, 2.45) is 0 Å². The van der Waals surface area contributed by atoms with Gasteiger partial charge in [0.05, 0.1) is 46.4 Å². The molecule has 1 aliphatic heterocycles. The smallest absolute Gasteiger partial charge is 0.254 e. The molecule has 2 aromatic carbocycles. The molecule has 0 aliphatic carbocycles. The van der Waals surface area contributed by atoms with Gasteiger partial charge in [-0.1, -0.05) is 48.5 Å². The van der Waals surface area contributed by atoms with Gasteiger partial charge in [-0.15, -0.1) is 0 Å². The van der Waals surface area contributed by atoms with Gasteiger partial charge < -0.3 is 19.2 Å². The lowest BCUT2D eigenvalue weighted by Crippen LogP contribution is -2.60. The number of hydrogen-bond acceptors (Lipinski definition) is 3. The zero-order valence-corrected chi connectivity index (χ0v) is 16.0. The first-order valence-corrected chi connectivity index (χ1v) is 9.53. The Bertz CT molecular complexity index is 713. The summed E-state index contributed by atoms with van der Waals surface area (Å²) in [7, 11) is 2.14. The van der Waals surface area contributed by atoms with Crippen molar-refractivity contribution in [3.63, 3.8) is 0 Å². The van der Waals surface area contributed by atoms with E-state index in [0.717, 1.165) is 28.7 Å². The summed E-state index contributed by atoms with van der Waals surface area (Å²) >= 11 is 0. The van der Waals surface area contributed by atoms with Crippen molar-refractivity contribution in [2.75, 3.05) is 46.4 Å². The fourth-order valence-electron chi connectivity index (χ4n) is 3.55. The number of aliphatic hydroxyl groups excluding tert-OH is 1. The van der Waals surface area contributed by atoms with Crippen molar-refractivity contribution in [3.05, 3.63) is 71.8 Å². The molecule has 0 bridgehead atoms. The molecule has 144 valence electrons. The number of amides is 1. The lowest BCUT2D eigenvalue weighted by molar-refractivity contribution is -0.916. The lowest BCUT2D eigenvalue weighted by Gasteiger charge is -2.43. The third kappa shape index (κ3) is 5.63. The SMILES string of the molecule is C[N+]1(CC(O)COCc2ccccc2)CCN(C(=O)c2ccccc2)CC1. The normalized spacial score (nSPS) is 17.5. The molecule has 1 amide bonds. The molecule has 1 saturated heterocycles. The maximum atomic E-state index is 12.6. The van der Waals surface area contributed by atoms with Crippen LogP contribution in [0.5, 0.6) is 0 Å². The van der Waals surface area contributed by atoms with Gasteiger partial charge in [-0.3, -0.25) is 4.79 Å². The van der Waals surface area contributed by atoms with Crippen LogP contribution in [0.25, 0.3) is 0 Å². The number of hydrogen-bond donors (Lipinski definition) is 1. The molecule has 1 aliphatic rings. The van der Waals surface area contributed by atoms with Crippen LogP contribution in [-0.2, 0) is 11.3 Å². The van der Waals surface area contributed by atoms with E-state index in [1.165, 1.54) is 0 Å². The summed E-state index contributed by atoms with van der Waals surface area (Å²) in [6, 6.07) is 19.4. The van der Waals surface area contributed by atoms with Gasteiger partial charge in [-0.25, -0.2) is 0 Å². The molecule has 2 aromatic rings. The maximum absolute atomic E-state index is 12.6. The van der Waals surface area contributed by atoms with E-state index in [1.807, 2.05) is 65.6 Å². The van der Waals surface area contributed by atoms with Crippen LogP contribution < -0.4 is 0 Å². The number of benzene rings is 2. The van der Waals surface area contributed by atoms with E-state index in [0.29, 0.717) is 32.8 Å². The van der Waals surface area contributed by atoms with Gasteiger partial charge >= 0.3 is 0 Å². The second kappa shape index (κ2) is 9.13. The van der Waals surface area contributed by atoms with Crippen LogP contribution in [0.15, 0.2) is 60.7 Å². The monoisotopic (exact) mass is 369 g/mol. The predicted molar refractivity (Wildman–Crippen MR) is 105 cm³/mol. The van der Waals surface area contributed by atoms with Crippen molar-refractivity contribution in [1.82, 2.24) is 4.90 Å². The number of aliphatic hydroxyl groups is 1. The van der Waals surface area contributed by atoms with Gasteiger partial charge in [0.15, 0.2) is 0 Å². The van der Waals surface area contributed by atoms with Crippen LogP contribution in [-0.4, -0.2) is 72.9 Å². The summed E-state index contributed by atoms with van der Waals surface area (Å²) < 4.78 is 6.42. The van der Waals surface area contributed by atoms with Gasteiger partial charge in [0.2, 0.25) is 0 Å². The summed E-state index contributed by atoms with van der Waals surface area (Å²) in [4.78, 5) is 14.5. The molecule has 3 rings (SSSR count). The number of ether oxygens (including phenoxy) is 1. The Kier molecular flexibility index (Phi) is 6.61. The summed E-state index contributed by atoms with van der Waals surface area (Å²) in [5.41, 5.74) is 1.85. The van der Waals surface area contributed by atoms with Gasteiger partial charge in [0.1, 0.15) is 12.6 Å². The van der Waals surface area contributed by atoms with Gasteiger partial charge in [0, 0.05) is 5.56 Å². The lowest BCUT2D eigenvalue weighted by atomic mass is 10.1. The molecule has 1 N–H and O–H groups in total. The summed E-state index contributed by atoms with van der Waals surface area (Å²) in [6.45, 7) is 4.59. The molecule has 1 unspecified atom stereocenters. The molecule has 1 atom stereocenters. The first-order valence-electron chi connectivity index (χ1n) is 9.53. The van der Waals surface area contributed by atoms with Gasteiger partial charge in [-0.05, 0) is 17.7 Å². The van der Waals surface area contributed by atoms with Crippen molar-refractivity contribution in [3.8, 4) is 0 Å². The third-order valence-electron chi connectivity index (χ3n) is 5.20. The van der Waals surface area contributed by atoms with Crippen molar-refractivity contribution in [2.45, 2.75) is 12.7 Å². The Morgan fingerprint density at radius 2 is 1.67 bits per heavy atom. The van der Waals surface area contributed by atoms with E-state index in [1.54, 1.807) is 0 Å². The van der Waals surface area contributed by atoms with Gasteiger partial charge in [-0.2, -0.15) is 0 Å². The quantitative estimate of drug-likeness (QED) is 0.761. The van der Waals surface area contributed by atoms with E-state index in [-0.39, 0.29) is 5.91 Å². The number of nitrogens with zero attached hydrogens (tertiary/aromatic N) is 2. The van der Waals surface area contributed by atoms with E-state index in [4.69, 9.17) is 4.74 Å². The molecule has 0 saturated carbocycles. The first kappa shape index (κ1) is 19.5. The Balaban J connectivity index is 1.42. The molecule has 0 radical (unpaired) electrons. The fourth-order valence-corrected chi connectivity index (χ4v) is 3.55. The van der Waals surface area contributed by atoms with Crippen LogP contribution >= 0.6 is 0 Å². The number of carbonyl (C=O) groups excluding carboxylic acids is 1. The molecular weight excluding hydrogens is 340 g/mol. The molecular formula is C22H29N2O3+. The number of likely N-dealkylation sites (N-methyl/N-ethyl adjacent to an activating group) is 1. The average molecular weight is 369 g/mol. The van der Waals surface area contributed by atoms with Crippen LogP contribution in [0.3, 0.4) is 0 Å².